The highest BCUT2D eigenvalue weighted by Gasteiger charge is 2.10. The summed E-state index contributed by atoms with van der Waals surface area (Å²) in [6.45, 7) is 6.91. The van der Waals surface area contributed by atoms with E-state index in [1.807, 2.05) is 31.5 Å². The third-order valence-electron chi connectivity index (χ3n) is 2.55. The lowest BCUT2D eigenvalue weighted by Gasteiger charge is -2.11. The van der Waals surface area contributed by atoms with E-state index in [0.29, 0.717) is 6.04 Å². The van der Waals surface area contributed by atoms with Crippen molar-refractivity contribution in [2.45, 2.75) is 33.4 Å². The Morgan fingerprint density at radius 3 is 2.81 bits per heavy atom. The predicted molar refractivity (Wildman–Crippen MR) is 65.6 cm³/mol. The highest BCUT2D eigenvalue weighted by Crippen LogP contribution is 2.21. The molecule has 0 aliphatic carbocycles. The molecule has 2 rings (SSSR count). The van der Waals surface area contributed by atoms with Crippen molar-refractivity contribution in [1.29, 1.82) is 0 Å². The zero-order valence-electron chi connectivity index (χ0n) is 9.78. The van der Waals surface area contributed by atoms with Crippen LogP contribution in [0.25, 0.3) is 0 Å². The standard InChI is InChI=1S/C12H16N2OS/c1-8-4-5-11(15-8)6-13-9(2)12-10(3)14-7-16-12/h4-5,7,9,13H,6H2,1-3H3. The van der Waals surface area contributed by atoms with E-state index in [4.69, 9.17) is 4.42 Å². The van der Waals surface area contributed by atoms with Gasteiger partial charge in [-0.2, -0.15) is 0 Å². The smallest absolute Gasteiger partial charge is 0.117 e. The summed E-state index contributed by atoms with van der Waals surface area (Å²) in [5, 5.41) is 3.43. The number of thiazole rings is 1. The second-order valence-corrected chi connectivity index (χ2v) is 4.80. The Morgan fingerprint density at radius 1 is 1.44 bits per heavy atom. The van der Waals surface area contributed by atoms with Gasteiger partial charge in [0.1, 0.15) is 11.5 Å². The molecular weight excluding hydrogens is 220 g/mol. The fourth-order valence-electron chi connectivity index (χ4n) is 1.65. The van der Waals surface area contributed by atoms with Crippen molar-refractivity contribution in [2.75, 3.05) is 0 Å². The van der Waals surface area contributed by atoms with Crippen molar-refractivity contribution in [2.24, 2.45) is 0 Å². The molecule has 86 valence electrons. The fraction of sp³-hybridized carbons (Fsp3) is 0.417. The summed E-state index contributed by atoms with van der Waals surface area (Å²) in [5.41, 5.74) is 3.00. The number of hydrogen-bond donors (Lipinski definition) is 1. The highest BCUT2D eigenvalue weighted by atomic mass is 32.1. The van der Waals surface area contributed by atoms with Gasteiger partial charge in [-0.15, -0.1) is 11.3 Å². The molecule has 0 aliphatic rings. The van der Waals surface area contributed by atoms with Crippen LogP contribution in [0.3, 0.4) is 0 Å². The molecule has 1 unspecified atom stereocenters. The monoisotopic (exact) mass is 236 g/mol. The number of nitrogens with one attached hydrogen (secondary N) is 1. The van der Waals surface area contributed by atoms with Crippen LogP contribution >= 0.6 is 11.3 Å². The molecule has 0 aromatic carbocycles. The minimum Gasteiger partial charge on any atom is -0.465 e. The average Bonchev–Trinajstić information content (AvgIpc) is 2.84. The summed E-state index contributed by atoms with van der Waals surface area (Å²) in [7, 11) is 0. The second-order valence-electron chi connectivity index (χ2n) is 3.92. The maximum absolute atomic E-state index is 5.51. The quantitative estimate of drug-likeness (QED) is 0.885. The van der Waals surface area contributed by atoms with Gasteiger partial charge >= 0.3 is 0 Å². The summed E-state index contributed by atoms with van der Waals surface area (Å²) < 4.78 is 5.51. The number of aryl methyl sites for hydroxylation is 2. The third-order valence-corrected chi connectivity index (χ3v) is 3.67. The minimum absolute atomic E-state index is 0.318. The van der Waals surface area contributed by atoms with Gasteiger partial charge in [-0.05, 0) is 32.9 Å². The zero-order chi connectivity index (χ0) is 11.5. The summed E-state index contributed by atoms with van der Waals surface area (Å²) >= 11 is 1.69. The number of hydrogen-bond acceptors (Lipinski definition) is 4. The molecule has 0 fully saturated rings. The van der Waals surface area contributed by atoms with Crippen LogP contribution in [-0.2, 0) is 6.54 Å². The van der Waals surface area contributed by atoms with Gasteiger partial charge in [-0.3, -0.25) is 0 Å². The van der Waals surface area contributed by atoms with Crippen molar-refractivity contribution in [3.05, 3.63) is 39.7 Å². The van der Waals surface area contributed by atoms with Crippen LogP contribution in [0.2, 0.25) is 0 Å². The maximum Gasteiger partial charge on any atom is 0.117 e. The minimum atomic E-state index is 0.318. The lowest BCUT2D eigenvalue weighted by Crippen LogP contribution is -2.17. The first-order chi connectivity index (χ1) is 7.66. The molecule has 3 nitrogen and oxygen atoms in total. The zero-order valence-corrected chi connectivity index (χ0v) is 10.6. The topological polar surface area (TPSA) is 38.1 Å². The fourth-order valence-corrected chi connectivity index (χ4v) is 2.49. The lowest BCUT2D eigenvalue weighted by molar-refractivity contribution is 0.445. The van der Waals surface area contributed by atoms with E-state index in [1.165, 1.54) is 4.88 Å². The van der Waals surface area contributed by atoms with E-state index < -0.39 is 0 Å². The van der Waals surface area contributed by atoms with Gasteiger partial charge < -0.3 is 9.73 Å². The highest BCUT2D eigenvalue weighted by molar-refractivity contribution is 7.09. The molecule has 0 spiro atoms. The molecule has 1 N–H and O–H groups in total. The molecule has 0 bridgehead atoms. The first kappa shape index (κ1) is 11.4. The van der Waals surface area contributed by atoms with Gasteiger partial charge in [0.05, 0.1) is 17.7 Å². The van der Waals surface area contributed by atoms with Crippen molar-refractivity contribution in [3.63, 3.8) is 0 Å². The SMILES string of the molecule is Cc1ccc(CNC(C)c2scnc2C)o1. The molecule has 16 heavy (non-hydrogen) atoms. The molecule has 2 aromatic rings. The van der Waals surface area contributed by atoms with Gasteiger partial charge in [-0.25, -0.2) is 4.98 Å². The Hall–Kier alpha value is -1.13. The van der Waals surface area contributed by atoms with Gasteiger partial charge in [0.2, 0.25) is 0 Å². The van der Waals surface area contributed by atoms with E-state index in [0.717, 1.165) is 23.8 Å². The van der Waals surface area contributed by atoms with Crippen LogP contribution in [0.5, 0.6) is 0 Å². The van der Waals surface area contributed by atoms with Gasteiger partial charge in [0.25, 0.3) is 0 Å². The van der Waals surface area contributed by atoms with Gasteiger partial charge in [0, 0.05) is 10.9 Å². The van der Waals surface area contributed by atoms with Crippen molar-refractivity contribution >= 4 is 11.3 Å². The van der Waals surface area contributed by atoms with E-state index >= 15 is 0 Å². The first-order valence-corrected chi connectivity index (χ1v) is 6.23. The molecule has 4 heteroatoms. The van der Waals surface area contributed by atoms with Crippen molar-refractivity contribution < 1.29 is 4.42 Å². The molecule has 0 radical (unpaired) electrons. The van der Waals surface area contributed by atoms with Crippen LogP contribution in [0, 0.1) is 13.8 Å². The van der Waals surface area contributed by atoms with Crippen LogP contribution in [0.15, 0.2) is 22.1 Å². The Bertz CT molecular complexity index is 461. The number of aromatic nitrogens is 1. The average molecular weight is 236 g/mol. The largest absolute Gasteiger partial charge is 0.465 e. The van der Waals surface area contributed by atoms with E-state index in [1.54, 1.807) is 11.3 Å². The third kappa shape index (κ3) is 2.51. The molecular formula is C12H16N2OS. The number of nitrogens with zero attached hydrogens (tertiary/aromatic N) is 1. The molecule has 2 heterocycles. The van der Waals surface area contributed by atoms with Gasteiger partial charge in [0.15, 0.2) is 0 Å². The molecule has 0 aliphatic heterocycles. The van der Waals surface area contributed by atoms with Gasteiger partial charge in [-0.1, -0.05) is 0 Å². The van der Waals surface area contributed by atoms with Crippen molar-refractivity contribution in [3.8, 4) is 0 Å². The summed E-state index contributed by atoms with van der Waals surface area (Å²) in [4.78, 5) is 5.55. The van der Waals surface area contributed by atoms with Crippen LogP contribution in [-0.4, -0.2) is 4.98 Å². The number of furan rings is 1. The van der Waals surface area contributed by atoms with E-state index in [2.05, 4.69) is 17.2 Å². The Balaban J connectivity index is 1.93. The van der Waals surface area contributed by atoms with Crippen LogP contribution < -0.4 is 5.32 Å². The van der Waals surface area contributed by atoms with Crippen LogP contribution in [0.1, 0.15) is 35.1 Å². The Morgan fingerprint density at radius 2 is 2.25 bits per heavy atom. The predicted octanol–water partition coefficient (Wildman–Crippen LogP) is 3.20. The Kier molecular flexibility index (Phi) is 3.41. The summed E-state index contributed by atoms with van der Waals surface area (Å²) in [5.74, 6) is 1.94. The summed E-state index contributed by atoms with van der Waals surface area (Å²) in [6, 6.07) is 4.31. The Labute approximate surface area is 99.5 Å². The molecule has 0 saturated carbocycles. The normalized spacial score (nSPS) is 12.9. The molecule has 2 aromatic heterocycles. The van der Waals surface area contributed by atoms with E-state index in [-0.39, 0.29) is 0 Å². The molecule has 0 saturated heterocycles. The maximum atomic E-state index is 5.51. The molecule has 1 atom stereocenters. The first-order valence-electron chi connectivity index (χ1n) is 5.35. The lowest BCUT2D eigenvalue weighted by atomic mass is 10.2. The number of rotatable bonds is 4. The summed E-state index contributed by atoms with van der Waals surface area (Å²) in [6.07, 6.45) is 0. The van der Waals surface area contributed by atoms with E-state index in [9.17, 15) is 0 Å². The second kappa shape index (κ2) is 4.80. The van der Waals surface area contributed by atoms with Crippen LogP contribution in [0.4, 0.5) is 0 Å². The molecule has 0 amide bonds. The van der Waals surface area contributed by atoms with Crippen molar-refractivity contribution in [1.82, 2.24) is 10.3 Å².